The Bertz CT molecular complexity index is 915. The van der Waals surface area contributed by atoms with E-state index in [2.05, 4.69) is 40.3 Å². The number of anilines is 2. The Kier molecular flexibility index (Phi) is 8.11. The molecule has 172 valence electrons. The number of benzene rings is 1. The van der Waals surface area contributed by atoms with E-state index in [1.165, 1.54) is 5.69 Å². The lowest BCUT2D eigenvalue weighted by atomic mass is 9.91. The highest BCUT2D eigenvalue weighted by molar-refractivity contribution is 6.20. The molecule has 1 aromatic carbocycles. The minimum atomic E-state index is -0.253. The van der Waals surface area contributed by atoms with Crippen LogP contribution in [0.1, 0.15) is 26.3 Å². The number of nitrogens with one attached hydrogen (secondary N) is 2. The zero-order valence-electron chi connectivity index (χ0n) is 19.6. The van der Waals surface area contributed by atoms with Crippen molar-refractivity contribution in [1.82, 2.24) is 10.3 Å². The number of nitrogens with zero attached hydrogens (tertiary/aromatic N) is 3. The van der Waals surface area contributed by atoms with Gasteiger partial charge in [-0.2, -0.15) is 5.10 Å². The smallest absolute Gasteiger partial charge is 0.254 e. The summed E-state index contributed by atoms with van der Waals surface area (Å²) in [5.41, 5.74) is 4.11. The van der Waals surface area contributed by atoms with Crippen molar-refractivity contribution < 1.29 is 9.53 Å². The van der Waals surface area contributed by atoms with Crippen molar-refractivity contribution >= 4 is 23.0 Å². The predicted octanol–water partition coefficient (Wildman–Crippen LogP) is 3.37. The summed E-state index contributed by atoms with van der Waals surface area (Å²) >= 11 is 0. The Morgan fingerprint density at radius 2 is 2.06 bits per heavy atom. The summed E-state index contributed by atoms with van der Waals surface area (Å²) in [4.78, 5) is 15.4. The second-order valence-corrected chi connectivity index (χ2v) is 7.68. The highest BCUT2D eigenvalue weighted by Crippen LogP contribution is 2.34. The van der Waals surface area contributed by atoms with Crippen molar-refractivity contribution in [3.05, 3.63) is 60.4 Å². The second-order valence-electron chi connectivity index (χ2n) is 7.68. The first-order valence-electron chi connectivity index (χ1n) is 11.4. The van der Waals surface area contributed by atoms with E-state index < -0.39 is 0 Å². The molecule has 0 bridgehead atoms. The van der Waals surface area contributed by atoms with E-state index in [9.17, 15) is 4.79 Å². The molecule has 0 aliphatic carbocycles. The van der Waals surface area contributed by atoms with E-state index in [0.717, 1.165) is 43.1 Å². The number of carbonyl (C=O) groups is 1. The van der Waals surface area contributed by atoms with Crippen molar-refractivity contribution in [1.29, 1.82) is 0 Å². The van der Waals surface area contributed by atoms with Crippen molar-refractivity contribution in [2.75, 3.05) is 50.1 Å². The van der Waals surface area contributed by atoms with E-state index >= 15 is 0 Å². The van der Waals surface area contributed by atoms with Gasteiger partial charge in [0, 0.05) is 49.7 Å². The average Bonchev–Trinajstić information content (AvgIpc) is 3.20. The van der Waals surface area contributed by atoms with E-state index in [1.807, 2.05) is 32.9 Å². The molecular formula is C25H35N5O2. The molecule has 1 amide bonds. The zero-order valence-corrected chi connectivity index (χ0v) is 19.6. The summed E-state index contributed by atoms with van der Waals surface area (Å²) in [6.07, 6.45) is 7.21. The number of piperazine rings is 1. The Morgan fingerprint density at radius 1 is 1.31 bits per heavy atom. The van der Waals surface area contributed by atoms with Gasteiger partial charge in [0.25, 0.3) is 5.91 Å². The number of fused-ring (bicyclic) bond motifs is 3. The number of hydrogen-bond donors (Lipinski definition) is 2. The van der Waals surface area contributed by atoms with Crippen molar-refractivity contribution in [2.24, 2.45) is 11.0 Å². The van der Waals surface area contributed by atoms with Crippen LogP contribution in [0.15, 0.2) is 59.9 Å². The van der Waals surface area contributed by atoms with Crippen molar-refractivity contribution in [3.8, 4) is 0 Å². The molecule has 4 rings (SSSR count). The lowest BCUT2D eigenvalue weighted by Crippen LogP contribution is -2.43. The van der Waals surface area contributed by atoms with Crippen LogP contribution in [-0.2, 0) is 9.53 Å². The van der Waals surface area contributed by atoms with Gasteiger partial charge in [-0.1, -0.05) is 32.6 Å². The molecule has 2 unspecified atom stereocenters. The number of amides is 1. The van der Waals surface area contributed by atoms with Gasteiger partial charge in [0.2, 0.25) is 0 Å². The largest absolute Gasteiger partial charge is 0.497 e. The number of allylic oxidation sites excluding steroid dienone is 3. The average molecular weight is 438 g/mol. The third-order valence-corrected chi connectivity index (χ3v) is 5.77. The predicted molar refractivity (Wildman–Crippen MR) is 132 cm³/mol. The summed E-state index contributed by atoms with van der Waals surface area (Å²) in [6.45, 7) is 14.2. The number of hydrogen-bond acceptors (Lipinski definition) is 6. The maximum Gasteiger partial charge on any atom is 0.254 e. The van der Waals surface area contributed by atoms with Crippen molar-refractivity contribution in [3.63, 3.8) is 0 Å². The van der Waals surface area contributed by atoms with Crippen LogP contribution in [0.25, 0.3) is 0 Å². The number of carbonyl (C=O) groups excluding carboxylic acids is 1. The minimum absolute atomic E-state index is 0.0274. The molecule has 1 saturated heterocycles. The van der Waals surface area contributed by atoms with Crippen LogP contribution in [-0.4, -0.2) is 62.5 Å². The van der Waals surface area contributed by atoms with Crippen LogP contribution < -0.4 is 15.5 Å². The summed E-state index contributed by atoms with van der Waals surface area (Å²) in [7, 11) is 1.61. The van der Waals surface area contributed by atoms with Gasteiger partial charge < -0.3 is 20.3 Å². The molecule has 3 aliphatic rings. The second kappa shape index (κ2) is 11.0. The molecule has 2 N–H and O–H groups in total. The van der Waals surface area contributed by atoms with E-state index in [4.69, 9.17) is 9.84 Å². The Labute approximate surface area is 191 Å². The third kappa shape index (κ3) is 4.88. The maximum absolute atomic E-state index is 13.1. The first kappa shape index (κ1) is 23.6. The Hall–Kier alpha value is -3.06. The quantitative estimate of drug-likeness (QED) is 0.528. The molecule has 0 saturated carbocycles. The highest BCUT2D eigenvalue weighted by atomic mass is 16.5. The first-order valence-corrected chi connectivity index (χ1v) is 11.4. The molecule has 7 nitrogen and oxygen atoms in total. The molecule has 0 aromatic heterocycles. The fourth-order valence-electron chi connectivity index (χ4n) is 4.08. The molecule has 1 fully saturated rings. The highest BCUT2D eigenvalue weighted by Gasteiger charge is 2.41. The SMILES string of the molecule is C=C/C=C(\C=C/C(C)N1N=C2c3cc(N4CCNCC4)ccc3NCC2C1=O)OC.CC. The normalized spacial score (nSPS) is 21.1. The molecule has 3 aliphatic heterocycles. The molecule has 1 aromatic rings. The number of methoxy groups -OCH3 is 1. The van der Waals surface area contributed by atoms with Crippen LogP contribution in [0, 0.1) is 5.92 Å². The van der Waals surface area contributed by atoms with Gasteiger partial charge >= 0.3 is 0 Å². The van der Waals surface area contributed by atoms with Crippen LogP contribution in [0.3, 0.4) is 0 Å². The topological polar surface area (TPSA) is 69.2 Å². The van der Waals surface area contributed by atoms with E-state index in [0.29, 0.717) is 12.3 Å². The number of ether oxygens (including phenoxy) is 1. The molecule has 0 radical (unpaired) electrons. The lowest BCUT2D eigenvalue weighted by Gasteiger charge is -2.31. The van der Waals surface area contributed by atoms with Gasteiger partial charge in [-0.25, -0.2) is 5.01 Å². The number of rotatable bonds is 6. The first-order chi connectivity index (χ1) is 15.6. The molecule has 32 heavy (non-hydrogen) atoms. The summed E-state index contributed by atoms with van der Waals surface area (Å²) in [5, 5.41) is 13.2. The zero-order chi connectivity index (χ0) is 23.1. The van der Waals surface area contributed by atoms with Crippen LogP contribution >= 0.6 is 0 Å². The standard InChI is InChI=1S/C23H29N5O2.C2H6/c1-4-5-18(30-3)8-6-16(2)28-23(29)20-15-25-21-9-7-17(14-19(21)22(20)26-28)27-12-10-24-11-13-27;1-2/h4-9,14,16,20,24-25H,1,10-13,15H2,2-3H3;1-2H3/b8-6-,18-5+;. The van der Waals surface area contributed by atoms with Crippen molar-refractivity contribution in [2.45, 2.75) is 26.8 Å². The van der Waals surface area contributed by atoms with Crippen LogP contribution in [0.2, 0.25) is 0 Å². The van der Waals surface area contributed by atoms with Crippen LogP contribution in [0.5, 0.6) is 0 Å². The minimum Gasteiger partial charge on any atom is -0.497 e. The Balaban J connectivity index is 0.00000141. The van der Waals surface area contributed by atoms with Gasteiger partial charge in [-0.15, -0.1) is 0 Å². The summed E-state index contributed by atoms with van der Waals surface area (Å²) in [6, 6.07) is 6.24. The molecule has 3 heterocycles. The van der Waals surface area contributed by atoms with Gasteiger partial charge in [-0.3, -0.25) is 4.79 Å². The lowest BCUT2D eigenvalue weighted by molar-refractivity contribution is -0.132. The maximum atomic E-state index is 13.1. The fourth-order valence-corrected chi connectivity index (χ4v) is 4.08. The molecule has 0 spiro atoms. The summed E-state index contributed by atoms with van der Waals surface area (Å²) < 4.78 is 5.29. The third-order valence-electron chi connectivity index (χ3n) is 5.77. The molecular weight excluding hydrogens is 402 g/mol. The number of hydrazone groups is 1. The monoisotopic (exact) mass is 437 g/mol. The Morgan fingerprint density at radius 3 is 2.75 bits per heavy atom. The van der Waals surface area contributed by atoms with Gasteiger partial charge in [0.1, 0.15) is 11.7 Å². The van der Waals surface area contributed by atoms with E-state index in [-0.39, 0.29) is 17.9 Å². The molecule has 2 atom stereocenters. The van der Waals surface area contributed by atoms with Gasteiger partial charge in [0.05, 0.1) is 18.9 Å². The molecule has 7 heteroatoms. The van der Waals surface area contributed by atoms with Gasteiger partial charge in [0.15, 0.2) is 0 Å². The van der Waals surface area contributed by atoms with E-state index in [1.54, 1.807) is 24.3 Å². The summed E-state index contributed by atoms with van der Waals surface area (Å²) in [5.74, 6) is 0.456. The van der Waals surface area contributed by atoms with Crippen LogP contribution in [0.4, 0.5) is 11.4 Å². The fraction of sp³-hybridized carbons (Fsp3) is 0.440. The van der Waals surface area contributed by atoms with Gasteiger partial charge in [-0.05, 0) is 37.3 Å².